The lowest BCUT2D eigenvalue weighted by atomic mass is 10.2. The maximum Gasteiger partial charge on any atom is 0.404 e. The topological polar surface area (TPSA) is 94.6 Å². The van der Waals surface area contributed by atoms with Gasteiger partial charge in [-0.3, -0.25) is 4.79 Å². The van der Waals surface area contributed by atoms with E-state index in [1.165, 1.54) is 11.3 Å². The van der Waals surface area contributed by atoms with E-state index in [4.69, 9.17) is 5.11 Å². The van der Waals surface area contributed by atoms with Crippen molar-refractivity contribution in [3.05, 3.63) is 15.6 Å². The fourth-order valence-corrected chi connectivity index (χ4v) is 3.11. The molecule has 2 amide bonds. The highest BCUT2D eigenvalue weighted by Crippen LogP contribution is 2.24. The highest BCUT2D eigenvalue weighted by molar-refractivity contribution is 7.13. The number of hydrogen-bond donors (Lipinski definition) is 3. The number of carbonyl (C=O) groups excluding carboxylic acids is 1. The van der Waals surface area contributed by atoms with Gasteiger partial charge in [0.05, 0.1) is 5.69 Å². The Balaban J connectivity index is 1.91. The molecule has 1 aliphatic rings. The summed E-state index contributed by atoms with van der Waals surface area (Å²) in [5.41, 5.74) is 1.01. The molecule has 0 bridgehead atoms. The van der Waals surface area contributed by atoms with Gasteiger partial charge in [-0.2, -0.15) is 0 Å². The van der Waals surface area contributed by atoms with Crippen LogP contribution in [-0.2, 0) is 13.0 Å². The zero-order valence-electron chi connectivity index (χ0n) is 11.5. The highest BCUT2D eigenvalue weighted by atomic mass is 32.1. The minimum Gasteiger partial charge on any atom is -0.465 e. The van der Waals surface area contributed by atoms with Crippen molar-refractivity contribution >= 4 is 23.3 Å². The average molecular weight is 298 g/mol. The summed E-state index contributed by atoms with van der Waals surface area (Å²) in [6, 6.07) is -0.336. The van der Waals surface area contributed by atoms with Gasteiger partial charge < -0.3 is 20.6 Å². The second-order valence-electron chi connectivity index (χ2n) is 4.94. The van der Waals surface area contributed by atoms with E-state index in [-0.39, 0.29) is 18.5 Å². The summed E-state index contributed by atoms with van der Waals surface area (Å²) in [6.45, 7) is 3.72. The van der Waals surface area contributed by atoms with Gasteiger partial charge in [-0.1, -0.05) is 0 Å². The van der Waals surface area contributed by atoms with Gasteiger partial charge in [0.15, 0.2) is 5.01 Å². The first-order valence-electron chi connectivity index (χ1n) is 6.40. The van der Waals surface area contributed by atoms with E-state index in [1.54, 1.807) is 6.92 Å². The van der Waals surface area contributed by atoms with Crippen LogP contribution in [-0.4, -0.2) is 53.2 Å². The Labute approximate surface area is 121 Å². The number of aromatic nitrogens is 1. The Hall–Kier alpha value is -1.67. The van der Waals surface area contributed by atoms with Crippen LogP contribution >= 0.6 is 11.3 Å². The third kappa shape index (κ3) is 3.67. The molecule has 2 heterocycles. The molecule has 0 aromatic carbocycles. The normalized spacial score (nSPS) is 16.3. The van der Waals surface area contributed by atoms with Crippen LogP contribution in [0.3, 0.4) is 0 Å². The van der Waals surface area contributed by atoms with Gasteiger partial charge in [0, 0.05) is 37.0 Å². The number of hydrogen-bond acceptors (Lipinski definition) is 5. The zero-order valence-corrected chi connectivity index (χ0v) is 12.3. The molecule has 0 radical (unpaired) electrons. The van der Waals surface area contributed by atoms with Crippen molar-refractivity contribution in [3.63, 3.8) is 0 Å². The predicted molar refractivity (Wildman–Crippen MR) is 75.1 cm³/mol. The summed E-state index contributed by atoms with van der Waals surface area (Å²) < 4.78 is 0. The van der Waals surface area contributed by atoms with E-state index in [2.05, 4.69) is 20.5 Å². The van der Waals surface area contributed by atoms with Crippen LogP contribution in [0.25, 0.3) is 0 Å². The third-order valence-corrected chi connectivity index (χ3v) is 4.14. The van der Waals surface area contributed by atoms with Crippen molar-refractivity contribution in [1.82, 2.24) is 20.5 Å². The maximum absolute atomic E-state index is 12.0. The minimum absolute atomic E-state index is 0.244. The molecule has 20 heavy (non-hydrogen) atoms. The average Bonchev–Trinajstić information content (AvgIpc) is 2.78. The summed E-state index contributed by atoms with van der Waals surface area (Å²) in [5, 5.41) is 14.0. The standard InChI is InChI=1S/C12H18N4O3S/c1-7(14-12(18)19)5-13-10(17)11-15-8-3-4-16(2)6-9(8)20-11/h7,14H,3-6H2,1-2H3,(H,13,17)(H,18,19). The molecule has 8 heteroatoms. The van der Waals surface area contributed by atoms with E-state index < -0.39 is 6.09 Å². The number of amides is 2. The van der Waals surface area contributed by atoms with Gasteiger partial charge in [-0.05, 0) is 14.0 Å². The molecule has 1 aromatic heterocycles. The van der Waals surface area contributed by atoms with E-state index >= 15 is 0 Å². The molecule has 1 atom stereocenters. The van der Waals surface area contributed by atoms with Crippen molar-refractivity contribution in [2.45, 2.75) is 25.9 Å². The number of carboxylic acid groups (broad SMARTS) is 1. The first-order valence-corrected chi connectivity index (χ1v) is 7.22. The fraction of sp³-hybridized carbons (Fsp3) is 0.583. The van der Waals surface area contributed by atoms with Crippen molar-refractivity contribution in [2.24, 2.45) is 0 Å². The van der Waals surface area contributed by atoms with Crippen LogP contribution in [0.2, 0.25) is 0 Å². The molecule has 110 valence electrons. The summed E-state index contributed by atoms with van der Waals surface area (Å²) in [4.78, 5) is 30.1. The molecule has 1 aliphatic heterocycles. The van der Waals surface area contributed by atoms with Crippen LogP contribution in [0.1, 0.15) is 27.3 Å². The largest absolute Gasteiger partial charge is 0.465 e. The molecule has 0 aliphatic carbocycles. The molecule has 0 spiro atoms. The second-order valence-corrected chi connectivity index (χ2v) is 6.02. The maximum atomic E-state index is 12.0. The first kappa shape index (κ1) is 14.7. The van der Waals surface area contributed by atoms with Crippen LogP contribution in [0.5, 0.6) is 0 Å². The summed E-state index contributed by atoms with van der Waals surface area (Å²) in [7, 11) is 2.04. The van der Waals surface area contributed by atoms with E-state index in [0.29, 0.717) is 5.01 Å². The Morgan fingerprint density at radius 1 is 1.55 bits per heavy atom. The molecule has 1 aromatic rings. The van der Waals surface area contributed by atoms with Gasteiger partial charge in [-0.15, -0.1) is 11.3 Å². The van der Waals surface area contributed by atoms with Gasteiger partial charge in [0.2, 0.25) is 0 Å². The van der Waals surface area contributed by atoms with Gasteiger partial charge in [0.25, 0.3) is 5.91 Å². The van der Waals surface area contributed by atoms with Crippen LogP contribution in [0.15, 0.2) is 0 Å². The molecule has 0 saturated carbocycles. The van der Waals surface area contributed by atoms with Gasteiger partial charge in [0.1, 0.15) is 0 Å². The molecule has 3 N–H and O–H groups in total. The smallest absolute Gasteiger partial charge is 0.404 e. The van der Waals surface area contributed by atoms with Crippen molar-refractivity contribution in [3.8, 4) is 0 Å². The number of rotatable bonds is 4. The van der Waals surface area contributed by atoms with Crippen molar-refractivity contribution < 1.29 is 14.7 Å². The second kappa shape index (κ2) is 6.19. The van der Waals surface area contributed by atoms with Gasteiger partial charge in [-0.25, -0.2) is 9.78 Å². The molecule has 7 nitrogen and oxygen atoms in total. The Morgan fingerprint density at radius 3 is 3.00 bits per heavy atom. The monoisotopic (exact) mass is 298 g/mol. The van der Waals surface area contributed by atoms with Crippen LogP contribution in [0, 0.1) is 0 Å². The highest BCUT2D eigenvalue weighted by Gasteiger charge is 2.21. The lowest BCUT2D eigenvalue weighted by Crippen LogP contribution is -2.41. The molecule has 0 saturated heterocycles. The SMILES string of the molecule is CC(CNC(=O)c1nc2c(s1)CN(C)CC2)NC(=O)O. The number of nitrogens with one attached hydrogen (secondary N) is 2. The molecule has 0 fully saturated rings. The number of fused-ring (bicyclic) bond motifs is 1. The quantitative estimate of drug-likeness (QED) is 0.753. The number of likely N-dealkylation sites (N-methyl/N-ethyl adjacent to an activating group) is 1. The first-order chi connectivity index (χ1) is 9.45. The van der Waals surface area contributed by atoms with Crippen molar-refractivity contribution in [1.29, 1.82) is 0 Å². The Kier molecular flexibility index (Phi) is 4.56. The lowest BCUT2D eigenvalue weighted by Gasteiger charge is -2.20. The molecule has 2 rings (SSSR count). The summed E-state index contributed by atoms with van der Waals surface area (Å²) >= 11 is 1.41. The van der Waals surface area contributed by atoms with E-state index in [1.807, 2.05) is 7.05 Å². The van der Waals surface area contributed by atoms with Crippen LogP contribution < -0.4 is 10.6 Å². The van der Waals surface area contributed by atoms with Gasteiger partial charge >= 0.3 is 6.09 Å². The van der Waals surface area contributed by atoms with E-state index in [0.717, 1.165) is 30.1 Å². The number of carbonyl (C=O) groups is 2. The lowest BCUT2D eigenvalue weighted by molar-refractivity contribution is 0.0948. The number of thiazole rings is 1. The van der Waals surface area contributed by atoms with E-state index in [9.17, 15) is 9.59 Å². The molecular formula is C12H18N4O3S. The molecule has 1 unspecified atom stereocenters. The fourth-order valence-electron chi connectivity index (χ4n) is 2.00. The summed E-state index contributed by atoms with van der Waals surface area (Å²) in [6.07, 6.45) is -0.230. The summed E-state index contributed by atoms with van der Waals surface area (Å²) in [5.74, 6) is -0.244. The minimum atomic E-state index is -1.10. The predicted octanol–water partition coefficient (Wildman–Crippen LogP) is 0.517. The Bertz CT molecular complexity index is 517. The zero-order chi connectivity index (χ0) is 14.7. The Morgan fingerprint density at radius 2 is 2.30 bits per heavy atom. The molecular weight excluding hydrogens is 280 g/mol. The third-order valence-electron chi connectivity index (χ3n) is 3.06. The number of nitrogens with zero attached hydrogens (tertiary/aromatic N) is 2. The van der Waals surface area contributed by atoms with Crippen molar-refractivity contribution in [2.75, 3.05) is 20.1 Å². The van der Waals surface area contributed by atoms with Crippen LogP contribution in [0.4, 0.5) is 4.79 Å².